The number of rotatable bonds is 8. The lowest BCUT2D eigenvalue weighted by molar-refractivity contribution is -0.137. The van der Waals surface area contributed by atoms with Gasteiger partial charge in [-0.15, -0.1) is 0 Å². The fourth-order valence-corrected chi connectivity index (χ4v) is 3.71. The predicted molar refractivity (Wildman–Crippen MR) is 127 cm³/mol. The number of ketones is 1. The molecule has 0 bridgehead atoms. The fraction of sp³-hybridized carbons (Fsp3) is 0.0800. The Morgan fingerprint density at radius 1 is 0.971 bits per heavy atom. The smallest absolute Gasteiger partial charge is 0.287 e. The standard InChI is InChI=1S/C25H20ClN5O3/c26-19-11-5-4-9-17(19)20-12-14-31(30-20)24-18(10-6-13-28-24)25(34)29-21(22(32)23(27)33)15-16-7-2-1-3-8-16/h1-14,21H,15H2,(H2,27,33)(H,29,34). The maximum Gasteiger partial charge on any atom is 0.287 e. The topological polar surface area (TPSA) is 120 Å². The molecule has 4 rings (SSSR count). The van der Waals surface area contributed by atoms with Crippen molar-refractivity contribution in [1.29, 1.82) is 0 Å². The molecule has 1 unspecified atom stereocenters. The van der Waals surface area contributed by atoms with Crippen LogP contribution in [0.15, 0.2) is 85.2 Å². The van der Waals surface area contributed by atoms with Crippen molar-refractivity contribution < 1.29 is 14.4 Å². The highest BCUT2D eigenvalue weighted by Gasteiger charge is 2.27. The number of nitrogens with zero attached hydrogens (tertiary/aromatic N) is 3. The number of pyridine rings is 1. The van der Waals surface area contributed by atoms with Gasteiger partial charge in [-0.3, -0.25) is 14.4 Å². The summed E-state index contributed by atoms with van der Waals surface area (Å²) in [6, 6.07) is 20.1. The maximum absolute atomic E-state index is 13.2. The normalized spacial score (nSPS) is 11.6. The SMILES string of the molecule is NC(=O)C(=O)C(Cc1ccccc1)NC(=O)c1cccnc1-n1ccc(-c2ccccc2Cl)n1. The minimum absolute atomic E-state index is 0.113. The molecule has 3 N–H and O–H groups in total. The molecular formula is C25H20ClN5O3. The number of halogens is 1. The van der Waals surface area contributed by atoms with Crippen molar-refractivity contribution in [2.45, 2.75) is 12.5 Å². The zero-order valence-electron chi connectivity index (χ0n) is 17.9. The van der Waals surface area contributed by atoms with E-state index in [4.69, 9.17) is 17.3 Å². The van der Waals surface area contributed by atoms with E-state index in [0.29, 0.717) is 10.7 Å². The molecule has 170 valence electrons. The molecule has 0 radical (unpaired) electrons. The second-order valence-corrected chi connectivity index (χ2v) is 7.85. The molecule has 0 fully saturated rings. The van der Waals surface area contributed by atoms with Gasteiger partial charge in [-0.2, -0.15) is 5.10 Å². The molecule has 0 saturated carbocycles. The van der Waals surface area contributed by atoms with Crippen LogP contribution in [0.2, 0.25) is 5.02 Å². The summed E-state index contributed by atoms with van der Waals surface area (Å²) >= 11 is 6.28. The van der Waals surface area contributed by atoms with Crippen LogP contribution in [0.1, 0.15) is 15.9 Å². The Morgan fingerprint density at radius 2 is 1.71 bits per heavy atom. The van der Waals surface area contributed by atoms with E-state index in [1.807, 2.05) is 24.3 Å². The van der Waals surface area contributed by atoms with Crippen LogP contribution in [0.4, 0.5) is 0 Å². The van der Waals surface area contributed by atoms with Gasteiger partial charge in [0.1, 0.15) is 6.04 Å². The lowest BCUT2D eigenvalue weighted by atomic mass is 10.0. The number of nitrogens with two attached hydrogens (primary N) is 1. The Balaban J connectivity index is 1.63. The second-order valence-electron chi connectivity index (χ2n) is 7.44. The van der Waals surface area contributed by atoms with Gasteiger partial charge in [0, 0.05) is 24.4 Å². The number of aromatic nitrogens is 3. The van der Waals surface area contributed by atoms with Crippen molar-refractivity contribution in [2.75, 3.05) is 0 Å². The Kier molecular flexibility index (Phi) is 6.79. The summed E-state index contributed by atoms with van der Waals surface area (Å²) in [7, 11) is 0. The maximum atomic E-state index is 13.2. The lowest BCUT2D eigenvalue weighted by Gasteiger charge is -2.17. The van der Waals surface area contributed by atoms with Crippen LogP contribution in [0, 0.1) is 0 Å². The van der Waals surface area contributed by atoms with Crippen LogP contribution in [-0.2, 0) is 16.0 Å². The van der Waals surface area contributed by atoms with Gasteiger partial charge in [0.05, 0.1) is 16.3 Å². The average Bonchev–Trinajstić information content (AvgIpc) is 3.34. The van der Waals surface area contributed by atoms with Crippen molar-refractivity contribution in [3.8, 4) is 17.1 Å². The molecule has 0 saturated heterocycles. The van der Waals surface area contributed by atoms with E-state index in [0.717, 1.165) is 11.1 Å². The van der Waals surface area contributed by atoms with Crippen molar-refractivity contribution in [1.82, 2.24) is 20.1 Å². The first-order valence-corrected chi connectivity index (χ1v) is 10.8. The summed E-state index contributed by atoms with van der Waals surface area (Å²) in [5.74, 6) is -2.34. The zero-order chi connectivity index (χ0) is 24.1. The highest BCUT2D eigenvalue weighted by Crippen LogP contribution is 2.26. The third kappa shape index (κ3) is 5.02. The number of hydrogen-bond acceptors (Lipinski definition) is 5. The number of benzene rings is 2. The molecule has 2 amide bonds. The summed E-state index contributed by atoms with van der Waals surface area (Å²) in [5, 5.41) is 7.68. The van der Waals surface area contributed by atoms with Gasteiger partial charge in [-0.1, -0.05) is 60.1 Å². The number of nitrogens with one attached hydrogen (secondary N) is 1. The number of Topliss-reactive ketones (excluding diaryl/α,β-unsaturated/α-hetero) is 1. The molecule has 1 atom stereocenters. The van der Waals surface area contributed by atoms with Gasteiger partial charge in [0.2, 0.25) is 5.78 Å². The molecule has 8 nitrogen and oxygen atoms in total. The summed E-state index contributed by atoms with van der Waals surface area (Å²) in [4.78, 5) is 41.5. The molecule has 0 aliphatic heterocycles. The predicted octanol–water partition coefficient (Wildman–Crippen LogP) is 2.98. The van der Waals surface area contributed by atoms with Crippen LogP contribution in [-0.4, -0.2) is 38.4 Å². The van der Waals surface area contributed by atoms with E-state index in [1.54, 1.807) is 54.7 Å². The number of carbonyl (C=O) groups excluding carboxylic acids is 3. The van der Waals surface area contributed by atoms with Crippen molar-refractivity contribution in [3.63, 3.8) is 0 Å². The fourth-order valence-electron chi connectivity index (χ4n) is 3.48. The summed E-state index contributed by atoms with van der Waals surface area (Å²) in [5.41, 5.74) is 7.50. The Hall–Kier alpha value is -4.30. The third-order valence-electron chi connectivity index (χ3n) is 5.13. The van der Waals surface area contributed by atoms with Crippen LogP contribution in [0.25, 0.3) is 17.1 Å². The molecule has 2 heterocycles. The highest BCUT2D eigenvalue weighted by atomic mass is 35.5. The minimum atomic E-state index is -1.13. The van der Waals surface area contributed by atoms with Crippen molar-refractivity contribution in [2.24, 2.45) is 5.73 Å². The molecule has 0 spiro atoms. The molecular weight excluding hydrogens is 454 g/mol. The number of hydrogen-bond donors (Lipinski definition) is 2. The quantitative estimate of drug-likeness (QED) is 0.381. The Morgan fingerprint density at radius 3 is 2.44 bits per heavy atom. The van der Waals surface area contributed by atoms with Crippen molar-refractivity contribution >= 4 is 29.2 Å². The van der Waals surface area contributed by atoms with E-state index in [-0.39, 0.29) is 17.8 Å². The van der Waals surface area contributed by atoms with Gasteiger partial charge >= 0.3 is 0 Å². The molecule has 2 aromatic heterocycles. The van der Waals surface area contributed by atoms with Crippen LogP contribution >= 0.6 is 11.6 Å². The van der Waals surface area contributed by atoms with Crippen molar-refractivity contribution in [3.05, 3.63) is 101 Å². The van der Waals surface area contributed by atoms with E-state index >= 15 is 0 Å². The first kappa shape index (κ1) is 22.9. The van der Waals surface area contributed by atoms with Crippen LogP contribution in [0.3, 0.4) is 0 Å². The largest absolute Gasteiger partial charge is 0.363 e. The number of carbonyl (C=O) groups is 3. The zero-order valence-corrected chi connectivity index (χ0v) is 18.6. The molecule has 34 heavy (non-hydrogen) atoms. The van der Waals surface area contributed by atoms with Crippen LogP contribution < -0.4 is 11.1 Å². The van der Waals surface area contributed by atoms with E-state index < -0.39 is 23.6 Å². The van der Waals surface area contributed by atoms with E-state index in [1.165, 1.54) is 10.9 Å². The number of primary amides is 1. The molecule has 9 heteroatoms. The second kappa shape index (κ2) is 10.1. The molecule has 0 aliphatic carbocycles. The van der Waals surface area contributed by atoms with Gasteiger partial charge in [-0.25, -0.2) is 9.67 Å². The average molecular weight is 474 g/mol. The first-order valence-electron chi connectivity index (χ1n) is 10.4. The monoisotopic (exact) mass is 473 g/mol. The molecule has 0 aliphatic rings. The van der Waals surface area contributed by atoms with Gasteiger partial charge in [0.25, 0.3) is 11.8 Å². The third-order valence-corrected chi connectivity index (χ3v) is 5.46. The van der Waals surface area contributed by atoms with Gasteiger partial charge < -0.3 is 11.1 Å². The van der Waals surface area contributed by atoms with Gasteiger partial charge in [0.15, 0.2) is 5.82 Å². The van der Waals surface area contributed by atoms with E-state index in [2.05, 4.69) is 15.4 Å². The van der Waals surface area contributed by atoms with Crippen LogP contribution in [0.5, 0.6) is 0 Å². The Labute approximate surface area is 200 Å². The summed E-state index contributed by atoms with van der Waals surface area (Å²) < 4.78 is 1.45. The number of amides is 2. The molecule has 2 aromatic carbocycles. The highest BCUT2D eigenvalue weighted by molar-refractivity contribution is 6.38. The minimum Gasteiger partial charge on any atom is -0.363 e. The van der Waals surface area contributed by atoms with Gasteiger partial charge in [-0.05, 0) is 29.8 Å². The summed E-state index contributed by atoms with van der Waals surface area (Å²) in [6.45, 7) is 0. The van der Waals surface area contributed by atoms with E-state index in [9.17, 15) is 14.4 Å². The lowest BCUT2D eigenvalue weighted by Crippen LogP contribution is -2.47. The molecule has 4 aromatic rings. The first-order chi connectivity index (χ1) is 16.4. The summed E-state index contributed by atoms with van der Waals surface area (Å²) in [6.07, 6.45) is 3.30. The Bertz CT molecular complexity index is 1350.